The lowest BCUT2D eigenvalue weighted by atomic mass is 9.97. The van der Waals surface area contributed by atoms with Crippen LogP contribution in [0.15, 0.2) is 59.5 Å². The molecule has 138 valence electrons. The fourth-order valence-corrected chi connectivity index (χ4v) is 3.32. The molecule has 0 bridgehead atoms. The van der Waals surface area contributed by atoms with Crippen molar-refractivity contribution in [3.63, 3.8) is 0 Å². The Hall–Kier alpha value is -3.65. The lowest BCUT2D eigenvalue weighted by molar-refractivity contribution is 0.777. The third-order valence-corrected chi connectivity index (χ3v) is 4.80. The fraction of sp³-hybridized carbons (Fsp3) is 0.174. The molecule has 0 radical (unpaired) electrons. The summed E-state index contributed by atoms with van der Waals surface area (Å²) in [7, 11) is 0. The zero-order valence-corrected chi connectivity index (χ0v) is 15.8. The molecule has 0 amide bonds. The number of hydrogen-bond acceptors (Lipinski definition) is 3. The predicted octanol–water partition coefficient (Wildman–Crippen LogP) is 3.94. The molecule has 0 saturated heterocycles. The van der Waals surface area contributed by atoms with Crippen LogP contribution in [0.1, 0.15) is 36.5 Å². The molecular formula is C23H20N4O. The van der Waals surface area contributed by atoms with Crippen molar-refractivity contribution >= 4 is 11.2 Å². The molecule has 5 heteroatoms. The Kier molecular flexibility index (Phi) is 4.54. The van der Waals surface area contributed by atoms with E-state index < -0.39 is 0 Å². The molecule has 0 saturated carbocycles. The van der Waals surface area contributed by atoms with Crippen LogP contribution in [0.2, 0.25) is 0 Å². The van der Waals surface area contributed by atoms with Crippen LogP contribution in [0.3, 0.4) is 0 Å². The van der Waals surface area contributed by atoms with E-state index in [4.69, 9.17) is 11.4 Å². The van der Waals surface area contributed by atoms with Crippen molar-refractivity contribution in [3.8, 4) is 23.7 Å². The summed E-state index contributed by atoms with van der Waals surface area (Å²) in [4.78, 5) is 24.5. The average Bonchev–Trinajstić information content (AvgIpc) is 3.03. The maximum atomic E-state index is 12.5. The summed E-state index contributed by atoms with van der Waals surface area (Å²) in [5.41, 5.74) is 4.95. The van der Waals surface area contributed by atoms with Crippen LogP contribution >= 0.6 is 0 Å². The lowest BCUT2D eigenvalue weighted by Gasteiger charge is -2.11. The number of nitrogens with one attached hydrogen (secondary N) is 1. The molecule has 1 N–H and O–H groups in total. The summed E-state index contributed by atoms with van der Waals surface area (Å²) in [5.74, 6) is 3.56. The van der Waals surface area contributed by atoms with Gasteiger partial charge in [-0.15, -0.1) is 6.42 Å². The zero-order valence-electron chi connectivity index (χ0n) is 15.8. The van der Waals surface area contributed by atoms with Crippen LogP contribution in [0.5, 0.6) is 0 Å². The average molecular weight is 368 g/mol. The molecule has 0 aliphatic rings. The summed E-state index contributed by atoms with van der Waals surface area (Å²) in [6.07, 6.45) is 7.09. The van der Waals surface area contributed by atoms with E-state index in [0.29, 0.717) is 29.5 Å². The van der Waals surface area contributed by atoms with E-state index in [1.165, 1.54) is 5.56 Å². The van der Waals surface area contributed by atoms with Crippen molar-refractivity contribution in [2.75, 3.05) is 0 Å². The molecule has 28 heavy (non-hydrogen) atoms. The number of nitrogens with zero attached hydrogens (tertiary/aromatic N) is 3. The molecule has 0 aliphatic carbocycles. The number of rotatable bonds is 4. The number of benzene rings is 2. The van der Waals surface area contributed by atoms with Crippen molar-refractivity contribution in [2.45, 2.75) is 26.3 Å². The molecular weight excluding hydrogens is 348 g/mol. The second-order valence-electron chi connectivity index (χ2n) is 7.03. The van der Waals surface area contributed by atoms with Gasteiger partial charge in [0.1, 0.15) is 5.52 Å². The number of H-pyrrole nitrogens is 1. The van der Waals surface area contributed by atoms with Gasteiger partial charge in [-0.2, -0.15) is 0 Å². The van der Waals surface area contributed by atoms with Crippen LogP contribution in [-0.2, 0) is 6.54 Å². The van der Waals surface area contributed by atoms with Crippen LogP contribution < -0.4 is 5.69 Å². The maximum Gasteiger partial charge on any atom is 0.328 e. The SMILES string of the molecule is C#Cc1ccc(Cn2c(=O)[nH]c3cnc(-c4ccccc4C(C)C)nc32)cc1. The molecule has 2 heterocycles. The first-order chi connectivity index (χ1) is 13.6. The smallest absolute Gasteiger partial charge is 0.303 e. The van der Waals surface area contributed by atoms with E-state index in [2.05, 4.69) is 35.8 Å². The fourth-order valence-electron chi connectivity index (χ4n) is 3.32. The molecule has 2 aromatic carbocycles. The number of aromatic nitrogens is 4. The van der Waals surface area contributed by atoms with Gasteiger partial charge in [0, 0.05) is 11.1 Å². The second-order valence-corrected chi connectivity index (χ2v) is 7.03. The van der Waals surface area contributed by atoms with Crippen molar-refractivity contribution in [1.29, 1.82) is 0 Å². The third kappa shape index (κ3) is 3.21. The maximum absolute atomic E-state index is 12.5. The molecule has 4 aromatic rings. The summed E-state index contributed by atoms with van der Waals surface area (Å²) in [6.45, 7) is 4.69. The second kappa shape index (κ2) is 7.16. The normalized spacial score (nSPS) is 11.1. The molecule has 5 nitrogen and oxygen atoms in total. The highest BCUT2D eigenvalue weighted by atomic mass is 16.1. The van der Waals surface area contributed by atoms with Crippen LogP contribution in [0.4, 0.5) is 0 Å². The van der Waals surface area contributed by atoms with Crippen molar-refractivity contribution < 1.29 is 0 Å². The summed E-state index contributed by atoms with van der Waals surface area (Å²) < 4.78 is 1.63. The van der Waals surface area contributed by atoms with E-state index in [-0.39, 0.29) is 5.69 Å². The van der Waals surface area contributed by atoms with Crippen molar-refractivity contribution in [3.05, 3.63) is 81.9 Å². The zero-order chi connectivity index (χ0) is 19.7. The third-order valence-electron chi connectivity index (χ3n) is 4.80. The van der Waals surface area contributed by atoms with Gasteiger partial charge in [-0.1, -0.05) is 56.2 Å². The Balaban J connectivity index is 1.81. The summed E-state index contributed by atoms with van der Waals surface area (Å²) >= 11 is 0. The van der Waals surface area contributed by atoms with Gasteiger partial charge in [-0.3, -0.25) is 4.57 Å². The first-order valence-electron chi connectivity index (χ1n) is 9.17. The number of imidazole rings is 1. The lowest BCUT2D eigenvalue weighted by Crippen LogP contribution is -2.17. The van der Waals surface area contributed by atoms with Crippen LogP contribution in [-0.4, -0.2) is 19.5 Å². The highest BCUT2D eigenvalue weighted by Crippen LogP contribution is 2.27. The van der Waals surface area contributed by atoms with E-state index in [0.717, 1.165) is 16.7 Å². The minimum Gasteiger partial charge on any atom is -0.303 e. The van der Waals surface area contributed by atoms with Crippen LogP contribution in [0, 0.1) is 12.3 Å². The molecule has 0 atom stereocenters. The van der Waals surface area contributed by atoms with Crippen molar-refractivity contribution in [1.82, 2.24) is 19.5 Å². The Morgan fingerprint density at radius 1 is 1.14 bits per heavy atom. The molecule has 0 fully saturated rings. The topological polar surface area (TPSA) is 63.6 Å². The Morgan fingerprint density at radius 3 is 2.61 bits per heavy atom. The number of hydrogen-bond donors (Lipinski definition) is 1. The first kappa shape index (κ1) is 17.7. The van der Waals surface area contributed by atoms with E-state index in [1.54, 1.807) is 10.8 Å². The summed E-state index contributed by atoms with van der Waals surface area (Å²) in [5, 5.41) is 0. The first-order valence-corrected chi connectivity index (χ1v) is 9.17. The quantitative estimate of drug-likeness (QED) is 0.555. The minimum absolute atomic E-state index is 0.209. The van der Waals surface area contributed by atoms with Gasteiger partial charge >= 0.3 is 5.69 Å². The Morgan fingerprint density at radius 2 is 1.89 bits per heavy atom. The van der Waals surface area contributed by atoms with E-state index in [9.17, 15) is 4.79 Å². The Labute approximate surface area is 163 Å². The molecule has 4 rings (SSSR count). The predicted molar refractivity (Wildman–Crippen MR) is 111 cm³/mol. The van der Waals surface area contributed by atoms with Gasteiger partial charge in [0.2, 0.25) is 0 Å². The molecule has 0 aliphatic heterocycles. The van der Waals surface area contributed by atoms with Gasteiger partial charge in [0.05, 0.1) is 12.7 Å². The molecule has 0 unspecified atom stereocenters. The minimum atomic E-state index is -0.209. The van der Waals surface area contributed by atoms with Gasteiger partial charge in [0.15, 0.2) is 11.5 Å². The highest BCUT2D eigenvalue weighted by molar-refractivity contribution is 5.73. The monoisotopic (exact) mass is 368 g/mol. The van der Waals surface area contributed by atoms with Gasteiger partial charge in [-0.25, -0.2) is 14.8 Å². The standard InChI is InChI=1S/C23H20N4O/c1-4-16-9-11-17(12-10-16)14-27-22-20(25-23(27)28)13-24-21(26-22)19-8-6-5-7-18(19)15(2)3/h1,5-13,15H,14H2,2-3H3,(H,25,28). The Bertz CT molecular complexity index is 1240. The van der Waals surface area contributed by atoms with Gasteiger partial charge in [0.25, 0.3) is 0 Å². The largest absolute Gasteiger partial charge is 0.328 e. The highest BCUT2D eigenvalue weighted by Gasteiger charge is 2.14. The van der Waals surface area contributed by atoms with Gasteiger partial charge in [-0.05, 0) is 29.2 Å². The molecule has 0 spiro atoms. The van der Waals surface area contributed by atoms with Crippen LogP contribution in [0.25, 0.3) is 22.6 Å². The number of aromatic amines is 1. The number of fused-ring (bicyclic) bond motifs is 1. The number of terminal acetylenes is 1. The molecule has 2 aromatic heterocycles. The summed E-state index contributed by atoms with van der Waals surface area (Å²) in [6, 6.07) is 15.7. The van der Waals surface area contributed by atoms with Gasteiger partial charge < -0.3 is 4.98 Å². The van der Waals surface area contributed by atoms with E-state index >= 15 is 0 Å². The van der Waals surface area contributed by atoms with E-state index in [1.807, 2.05) is 42.5 Å². The van der Waals surface area contributed by atoms with Crippen molar-refractivity contribution in [2.24, 2.45) is 0 Å².